The van der Waals surface area contributed by atoms with Crippen molar-refractivity contribution in [3.05, 3.63) is 29.8 Å². The number of carbonyl (C=O) groups is 1. The molecule has 144 valence electrons. The minimum atomic E-state index is 0.125. The standard InChI is InChI=1S/C21H32N2O3/c1-15(2)26-9-8-25-14-16-4-3-5-18(10-16)23-21(24)13-17-11-19-6-7-20(12-17)22-19/h3-5,10,15,17,19-20,22H,6-9,11-14H2,1-2H3,(H,23,24). The van der Waals surface area contributed by atoms with Crippen molar-refractivity contribution in [2.45, 2.75) is 70.7 Å². The first-order valence-corrected chi connectivity index (χ1v) is 9.92. The van der Waals surface area contributed by atoms with Crippen molar-refractivity contribution >= 4 is 11.6 Å². The Labute approximate surface area is 156 Å². The molecule has 2 aliphatic heterocycles. The van der Waals surface area contributed by atoms with Crippen LogP contribution in [0.25, 0.3) is 0 Å². The third kappa shape index (κ3) is 6.08. The highest BCUT2D eigenvalue weighted by Crippen LogP contribution is 2.32. The van der Waals surface area contributed by atoms with E-state index in [-0.39, 0.29) is 12.0 Å². The fourth-order valence-electron chi connectivity index (χ4n) is 4.09. The van der Waals surface area contributed by atoms with Crippen LogP contribution in [-0.4, -0.2) is 37.3 Å². The number of fused-ring (bicyclic) bond motifs is 2. The Morgan fingerprint density at radius 3 is 2.73 bits per heavy atom. The van der Waals surface area contributed by atoms with E-state index in [0.717, 1.165) is 24.1 Å². The van der Waals surface area contributed by atoms with Crippen molar-refractivity contribution in [1.29, 1.82) is 0 Å². The van der Waals surface area contributed by atoms with E-state index < -0.39 is 0 Å². The van der Waals surface area contributed by atoms with E-state index in [2.05, 4.69) is 10.6 Å². The largest absolute Gasteiger partial charge is 0.376 e. The van der Waals surface area contributed by atoms with Crippen molar-refractivity contribution in [2.24, 2.45) is 5.92 Å². The molecule has 26 heavy (non-hydrogen) atoms. The summed E-state index contributed by atoms with van der Waals surface area (Å²) in [4.78, 5) is 12.4. The second-order valence-corrected chi connectivity index (χ2v) is 7.90. The number of anilines is 1. The van der Waals surface area contributed by atoms with Crippen LogP contribution in [0.5, 0.6) is 0 Å². The monoisotopic (exact) mass is 360 g/mol. The van der Waals surface area contributed by atoms with Crippen LogP contribution >= 0.6 is 0 Å². The summed E-state index contributed by atoms with van der Waals surface area (Å²) in [5, 5.41) is 6.69. The Hall–Kier alpha value is -1.43. The van der Waals surface area contributed by atoms with Gasteiger partial charge in [-0.1, -0.05) is 12.1 Å². The summed E-state index contributed by atoms with van der Waals surface area (Å²) in [6, 6.07) is 9.17. The molecule has 0 saturated carbocycles. The van der Waals surface area contributed by atoms with Gasteiger partial charge in [0.2, 0.25) is 5.91 Å². The number of piperidine rings is 1. The van der Waals surface area contributed by atoms with E-state index in [4.69, 9.17) is 9.47 Å². The number of carbonyl (C=O) groups excluding carboxylic acids is 1. The molecule has 5 heteroatoms. The Morgan fingerprint density at radius 1 is 1.23 bits per heavy atom. The molecule has 2 atom stereocenters. The molecule has 2 unspecified atom stereocenters. The van der Waals surface area contributed by atoms with E-state index in [1.807, 2.05) is 38.1 Å². The van der Waals surface area contributed by atoms with Crippen molar-refractivity contribution in [3.8, 4) is 0 Å². The van der Waals surface area contributed by atoms with E-state index in [9.17, 15) is 4.79 Å². The van der Waals surface area contributed by atoms with Gasteiger partial charge in [0.05, 0.1) is 25.9 Å². The number of nitrogens with one attached hydrogen (secondary N) is 2. The molecule has 1 aromatic rings. The highest BCUT2D eigenvalue weighted by atomic mass is 16.5. The molecule has 0 spiro atoms. The molecule has 0 radical (unpaired) electrons. The molecule has 2 N–H and O–H groups in total. The molecule has 0 aliphatic carbocycles. The van der Waals surface area contributed by atoms with E-state index >= 15 is 0 Å². The lowest BCUT2D eigenvalue weighted by Crippen LogP contribution is -2.39. The van der Waals surface area contributed by atoms with Crippen LogP contribution in [0.15, 0.2) is 24.3 Å². The van der Waals surface area contributed by atoms with Gasteiger partial charge in [-0.25, -0.2) is 0 Å². The zero-order valence-electron chi connectivity index (χ0n) is 16.0. The van der Waals surface area contributed by atoms with Crippen LogP contribution in [0.4, 0.5) is 5.69 Å². The molecular formula is C21H32N2O3. The first-order chi connectivity index (χ1) is 12.6. The first-order valence-electron chi connectivity index (χ1n) is 9.92. The molecule has 2 saturated heterocycles. The number of amides is 1. The smallest absolute Gasteiger partial charge is 0.224 e. The van der Waals surface area contributed by atoms with Gasteiger partial charge < -0.3 is 20.1 Å². The topological polar surface area (TPSA) is 59.6 Å². The minimum Gasteiger partial charge on any atom is -0.376 e. The fraction of sp³-hybridized carbons (Fsp3) is 0.667. The summed E-state index contributed by atoms with van der Waals surface area (Å²) in [6.07, 6.45) is 5.67. The lowest BCUT2D eigenvalue weighted by atomic mass is 9.89. The molecule has 1 aromatic carbocycles. The Bertz CT molecular complexity index is 578. The maximum Gasteiger partial charge on any atom is 0.224 e. The third-order valence-corrected chi connectivity index (χ3v) is 5.20. The fourth-order valence-corrected chi connectivity index (χ4v) is 4.09. The molecule has 3 rings (SSSR count). The first kappa shape index (κ1) is 19.3. The van der Waals surface area contributed by atoms with Crippen molar-refractivity contribution in [2.75, 3.05) is 18.5 Å². The minimum absolute atomic E-state index is 0.125. The number of benzene rings is 1. The Kier molecular flexibility index (Phi) is 7.06. The third-order valence-electron chi connectivity index (χ3n) is 5.20. The zero-order chi connectivity index (χ0) is 18.4. The van der Waals surface area contributed by atoms with Gasteiger partial charge >= 0.3 is 0 Å². The summed E-state index contributed by atoms with van der Waals surface area (Å²) in [7, 11) is 0. The lowest BCUT2D eigenvalue weighted by molar-refractivity contribution is -0.117. The molecule has 5 nitrogen and oxygen atoms in total. The van der Waals surface area contributed by atoms with Crippen molar-refractivity contribution < 1.29 is 14.3 Å². The predicted octanol–water partition coefficient (Wildman–Crippen LogP) is 3.49. The summed E-state index contributed by atoms with van der Waals surface area (Å²) in [5.41, 5.74) is 1.92. The van der Waals surface area contributed by atoms with Gasteiger partial charge in [0.25, 0.3) is 0 Å². The van der Waals surface area contributed by atoms with Gasteiger partial charge in [-0.15, -0.1) is 0 Å². The number of hydrogen-bond acceptors (Lipinski definition) is 4. The van der Waals surface area contributed by atoms with Crippen LogP contribution in [0.3, 0.4) is 0 Å². The molecule has 0 aromatic heterocycles. The zero-order valence-corrected chi connectivity index (χ0v) is 16.0. The molecule has 1 amide bonds. The lowest BCUT2D eigenvalue weighted by Gasteiger charge is -2.28. The quantitative estimate of drug-likeness (QED) is 0.662. The van der Waals surface area contributed by atoms with Crippen LogP contribution in [0, 0.1) is 5.92 Å². The summed E-state index contributed by atoms with van der Waals surface area (Å²) in [5.74, 6) is 0.640. The van der Waals surface area contributed by atoms with Gasteiger partial charge in [0.15, 0.2) is 0 Å². The molecule has 2 fully saturated rings. The van der Waals surface area contributed by atoms with Gasteiger partial charge in [0, 0.05) is 24.2 Å². The maximum absolute atomic E-state index is 12.4. The number of hydrogen-bond donors (Lipinski definition) is 2. The van der Waals surface area contributed by atoms with Crippen LogP contribution in [0.2, 0.25) is 0 Å². The predicted molar refractivity (Wildman–Crippen MR) is 103 cm³/mol. The SMILES string of the molecule is CC(C)OCCOCc1cccc(NC(=O)CC2CC3CCC(C2)N3)c1. The van der Waals surface area contributed by atoms with Crippen molar-refractivity contribution in [1.82, 2.24) is 5.32 Å². The van der Waals surface area contributed by atoms with Gasteiger partial charge in [-0.05, 0) is 63.1 Å². The number of ether oxygens (including phenoxy) is 2. The highest BCUT2D eigenvalue weighted by Gasteiger charge is 2.34. The van der Waals surface area contributed by atoms with E-state index in [1.54, 1.807) is 0 Å². The molecular weight excluding hydrogens is 328 g/mol. The van der Waals surface area contributed by atoms with Gasteiger partial charge in [-0.3, -0.25) is 4.79 Å². The van der Waals surface area contributed by atoms with Crippen molar-refractivity contribution in [3.63, 3.8) is 0 Å². The summed E-state index contributed by atoms with van der Waals surface area (Å²) in [6.45, 7) is 5.74. The van der Waals surface area contributed by atoms with Crippen LogP contribution < -0.4 is 10.6 Å². The van der Waals surface area contributed by atoms with Crippen LogP contribution in [-0.2, 0) is 20.9 Å². The average molecular weight is 360 g/mol. The summed E-state index contributed by atoms with van der Waals surface area (Å²) >= 11 is 0. The number of rotatable bonds is 9. The van der Waals surface area contributed by atoms with Gasteiger partial charge in [-0.2, -0.15) is 0 Å². The van der Waals surface area contributed by atoms with E-state index in [0.29, 0.717) is 44.2 Å². The second-order valence-electron chi connectivity index (χ2n) is 7.90. The maximum atomic E-state index is 12.4. The van der Waals surface area contributed by atoms with Crippen LogP contribution in [0.1, 0.15) is 51.5 Å². The highest BCUT2D eigenvalue weighted by molar-refractivity contribution is 5.90. The second kappa shape index (κ2) is 9.49. The molecule has 2 bridgehead atoms. The Morgan fingerprint density at radius 2 is 2.00 bits per heavy atom. The van der Waals surface area contributed by atoms with Gasteiger partial charge in [0.1, 0.15) is 0 Å². The molecule has 2 aliphatic rings. The molecule has 2 heterocycles. The van der Waals surface area contributed by atoms with E-state index in [1.165, 1.54) is 12.8 Å². The Balaban J connectivity index is 1.40. The summed E-state index contributed by atoms with van der Waals surface area (Å²) < 4.78 is 11.1. The average Bonchev–Trinajstić information content (AvgIpc) is 2.93. The normalized spacial score (nSPS) is 24.8.